The largest absolute Gasteiger partial charge is 0.454 e. The van der Waals surface area contributed by atoms with E-state index in [1.807, 2.05) is 0 Å². The van der Waals surface area contributed by atoms with Gasteiger partial charge in [-0.05, 0) is 24.3 Å². The lowest BCUT2D eigenvalue weighted by atomic mass is 10.1. The Kier molecular flexibility index (Phi) is 4.04. The molecule has 0 aliphatic carbocycles. The van der Waals surface area contributed by atoms with Crippen LogP contribution >= 0.6 is 11.6 Å². The molecule has 3 heterocycles. The number of rotatable bonds is 3. The first kappa shape index (κ1) is 18.0. The number of fused-ring (bicyclic) bond motifs is 2. The minimum absolute atomic E-state index is 0.0828. The molecule has 0 spiro atoms. The summed E-state index contributed by atoms with van der Waals surface area (Å²) in [5.41, 5.74) is 1.57. The number of aromatic nitrogens is 2. The molecule has 10 heteroatoms. The second-order valence-electron chi connectivity index (χ2n) is 6.59. The predicted octanol–water partition coefficient (Wildman–Crippen LogP) is 2.97. The number of hydrogen-bond acceptors (Lipinski definition) is 6. The second kappa shape index (κ2) is 6.50. The lowest BCUT2D eigenvalue weighted by Gasteiger charge is -2.09. The molecule has 3 aromatic rings. The van der Waals surface area contributed by atoms with Crippen molar-refractivity contribution in [1.82, 2.24) is 9.55 Å². The average molecular weight is 432 g/mol. The number of nitrogens with zero attached hydrogens (tertiary/aromatic N) is 2. The van der Waals surface area contributed by atoms with Gasteiger partial charge < -0.3 is 19.4 Å². The number of carbonyl (C=O) groups excluding carboxylic acids is 1. The lowest BCUT2D eigenvalue weighted by molar-refractivity contribution is 0.101. The van der Waals surface area contributed by atoms with Crippen LogP contribution in [0.25, 0.3) is 11.3 Å². The number of ether oxygens (including phenoxy) is 2. The summed E-state index contributed by atoms with van der Waals surface area (Å²) >= 11 is 5.95. The van der Waals surface area contributed by atoms with Crippen molar-refractivity contribution in [3.8, 4) is 22.8 Å². The first-order valence-corrected chi connectivity index (χ1v) is 10.8. The predicted molar refractivity (Wildman–Crippen MR) is 105 cm³/mol. The highest BCUT2D eigenvalue weighted by atomic mass is 35.5. The highest BCUT2D eigenvalue weighted by molar-refractivity contribution is 7.91. The number of carbonyl (C=O) groups is 1. The van der Waals surface area contributed by atoms with Gasteiger partial charge >= 0.3 is 0 Å². The van der Waals surface area contributed by atoms with Crippen LogP contribution in [0.5, 0.6) is 11.5 Å². The van der Waals surface area contributed by atoms with Crippen LogP contribution in [0.1, 0.15) is 10.5 Å². The monoisotopic (exact) mass is 431 g/mol. The van der Waals surface area contributed by atoms with Gasteiger partial charge in [0.15, 0.2) is 11.5 Å². The highest BCUT2D eigenvalue weighted by Crippen LogP contribution is 2.35. The van der Waals surface area contributed by atoms with Crippen LogP contribution in [-0.4, -0.2) is 36.4 Å². The van der Waals surface area contributed by atoms with Crippen molar-refractivity contribution in [1.29, 1.82) is 0 Å². The van der Waals surface area contributed by atoms with Crippen molar-refractivity contribution in [3.63, 3.8) is 0 Å². The van der Waals surface area contributed by atoms with Crippen LogP contribution in [-0.2, 0) is 16.4 Å². The van der Waals surface area contributed by atoms with E-state index in [2.05, 4.69) is 10.3 Å². The Morgan fingerprint density at radius 1 is 1.10 bits per heavy atom. The molecule has 5 rings (SSSR count). The van der Waals surface area contributed by atoms with Crippen LogP contribution < -0.4 is 14.8 Å². The standard InChI is InChI=1S/C19H14ClN3O5S/c20-12-3-1-11(2-4-12)16-17(23-7-8-29(25,26)19(23)22-16)18(24)21-13-5-6-14-15(9-13)28-10-27-14/h1-6,9H,7-8,10H2,(H,21,24). The molecule has 2 aromatic carbocycles. The summed E-state index contributed by atoms with van der Waals surface area (Å²) in [5, 5.41) is 3.22. The lowest BCUT2D eigenvalue weighted by Crippen LogP contribution is -2.17. The Balaban J connectivity index is 1.58. The maximum Gasteiger partial charge on any atom is 0.274 e. The van der Waals surface area contributed by atoms with E-state index in [0.29, 0.717) is 27.8 Å². The number of halogens is 1. The third-order valence-electron chi connectivity index (χ3n) is 4.76. The van der Waals surface area contributed by atoms with Crippen LogP contribution in [0.2, 0.25) is 5.02 Å². The van der Waals surface area contributed by atoms with Gasteiger partial charge in [-0.25, -0.2) is 13.4 Å². The van der Waals surface area contributed by atoms with Gasteiger partial charge in [-0.1, -0.05) is 23.7 Å². The van der Waals surface area contributed by atoms with Crippen LogP contribution in [0.3, 0.4) is 0 Å². The fourth-order valence-corrected chi connectivity index (χ4v) is 4.86. The summed E-state index contributed by atoms with van der Waals surface area (Å²) < 4.78 is 36.7. The summed E-state index contributed by atoms with van der Waals surface area (Å²) in [6, 6.07) is 11.8. The van der Waals surface area contributed by atoms with E-state index in [4.69, 9.17) is 21.1 Å². The molecule has 1 aromatic heterocycles. The van der Waals surface area contributed by atoms with Gasteiger partial charge in [0, 0.05) is 28.9 Å². The Morgan fingerprint density at radius 3 is 2.66 bits per heavy atom. The van der Waals surface area contributed by atoms with Gasteiger partial charge in [0.05, 0.1) is 5.75 Å². The molecule has 1 amide bonds. The van der Waals surface area contributed by atoms with E-state index in [1.54, 1.807) is 42.5 Å². The van der Waals surface area contributed by atoms with Gasteiger partial charge in [-0.2, -0.15) is 0 Å². The van der Waals surface area contributed by atoms with Crippen molar-refractivity contribution < 1.29 is 22.7 Å². The van der Waals surface area contributed by atoms with Gasteiger partial charge in [0.1, 0.15) is 11.4 Å². The number of anilines is 1. The molecular formula is C19H14ClN3O5S. The maximum absolute atomic E-state index is 13.1. The molecule has 0 atom stereocenters. The molecule has 0 bridgehead atoms. The van der Waals surface area contributed by atoms with E-state index in [1.165, 1.54) is 4.57 Å². The minimum Gasteiger partial charge on any atom is -0.454 e. The van der Waals surface area contributed by atoms with Crippen LogP contribution in [0, 0.1) is 0 Å². The molecule has 0 saturated heterocycles. The first-order valence-electron chi connectivity index (χ1n) is 8.72. The Bertz CT molecular complexity index is 1250. The summed E-state index contributed by atoms with van der Waals surface area (Å²) in [5.74, 6) is 0.577. The van der Waals surface area contributed by atoms with E-state index in [0.717, 1.165) is 0 Å². The Labute approximate surface area is 170 Å². The van der Waals surface area contributed by atoms with Crippen molar-refractivity contribution in [2.75, 3.05) is 17.9 Å². The normalized spacial score (nSPS) is 15.9. The summed E-state index contributed by atoms with van der Waals surface area (Å²) in [6.45, 7) is 0.295. The zero-order valence-corrected chi connectivity index (χ0v) is 16.5. The molecular weight excluding hydrogens is 418 g/mol. The van der Waals surface area contributed by atoms with Gasteiger partial charge in [-0.15, -0.1) is 0 Å². The molecule has 0 unspecified atom stereocenters. The van der Waals surface area contributed by atoms with E-state index in [-0.39, 0.29) is 35.6 Å². The number of benzene rings is 2. The third-order valence-corrected chi connectivity index (χ3v) is 6.60. The molecule has 0 fully saturated rings. The Morgan fingerprint density at radius 2 is 1.86 bits per heavy atom. The molecule has 2 aliphatic rings. The van der Waals surface area contributed by atoms with Gasteiger partial charge in [-0.3, -0.25) is 4.79 Å². The fourth-order valence-electron chi connectivity index (χ4n) is 3.38. The highest BCUT2D eigenvalue weighted by Gasteiger charge is 2.35. The van der Waals surface area contributed by atoms with Crippen molar-refractivity contribution in [3.05, 3.63) is 53.2 Å². The summed E-state index contributed by atoms with van der Waals surface area (Å²) in [6.07, 6.45) is 0. The smallest absolute Gasteiger partial charge is 0.274 e. The molecule has 2 aliphatic heterocycles. The number of hydrogen-bond donors (Lipinski definition) is 1. The average Bonchev–Trinajstić information content (AvgIpc) is 3.37. The molecule has 148 valence electrons. The molecule has 1 N–H and O–H groups in total. The molecule has 8 nitrogen and oxygen atoms in total. The van der Waals surface area contributed by atoms with E-state index < -0.39 is 15.7 Å². The van der Waals surface area contributed by atoms with E-state index in [9.17, 15) is 13.2 Å². The van der Waals surface area contributed by atoms with Crippen LogP contribution in [0.4, 0.5) is 5.69 Å². The van der Waals surface area contributed by atoms with E-state index >= 15 is 0 Å². The third kappa shape index (κ3) is 3.02. The van der Waals surface area contributed by atoms with Crippen molar-refractivity contribution >= 4 is 33.0 Å². The molecule has 0 radical (unpaired) electrons. The minimum atomic E-state index is -3.53. The summed E-state index contributed by atoms with van der Waals surface area (Å²) in [7, 11) is -3.53. The number of imidazole rings is 1. The SMILES string of the molecule is O=C(Nc1ccc2c(c1)OCO2)c1c(-c2ccc(Cl)cc2)nc2n1CCS2(=O)=O. The summed E-state index contributed by atoms with van der Waals surface area (Å²) in [4.78, 5) is 17.4. The Hall–Kier alpha value is -3.04. The molecule has 0 saturated carbocycles. The zero-order valence-electron chi connectivity index (χ0n) is 14.9. The number of amides is 1. The second-order valence-corrected chi connectivity index (χ2v) is 9.03. The number of sulfone groups is 1. The topological polar surface area (TPSA) is 99.5 Å². The quantitative estimate of drug-likeness (QED) is 0.684. The molecule has 29 heavy (non-hydrogen) atoms. The first-order chi connectivity index (χ1) is 13.9. The van der Waals surface area contributed by atoms with Gasteiger partial charge in [0.2, 0.25) is 21.8 Å². The van der Waals surface area contributed by atoms with Gasteiger partial charge in [0.25, 0.3) is 5.91 Å². The van der Waals surface area contributed by atoms with Crippen molar-refractivity contribution in [2.45, 2.75) is 11.7 Å². The maximum atomic E-state index is 13.1. The van der Waals surface area contributed by atoms with Crippen molar-refractivity contribution in [2.24, 2.45) is 0 Å². The number of nitrogens with one attached hydrogen (secondary N) is 1. The van der Waals surface area contributed by atoms with Crippen LogP contribution in [0.15, 0.2) is 47.6 Å². The zero-order chi connectivity index (χ0) is 20.2. The fraction of sp³-hybridized carbons (Fsp3) is 0.158.